The number of piperidine rings is 1. The van der Waals surface area contributed by atoms with Gasteiger partial charge < -0.3 is 14.7 Å². The van der Waals surface area contributed by atoms with Gasteiger partial charge in [0.2, 0.25) is 5.91 Å². The molecule has 3 rings (SSSR count). The van der Waals surface area contributed by atoms with Gasteiger partial charge in [-0.2, -0.15) is 0 Å². The van der Waals surface area contributed by atoms with Crippen LogP contribution in [0.4, 0.5) is 0 Å². The fraction of sp³-hybridized carbons (Fsp3) is 0.938. The molecule has 1 amide bonds. The summed E-state index contributed by atoms with van der Waals surface area (Å²) in [4.78, 5) is 14.4. The van der Waals surface area contributed by atoms with Gasteiger partial charge in [0.05, 0.1) is 12.2 Å². The second-order valence-electron chi connectivity index (χ2n) is 7.03. The van der Waals surface area contributed by atoms with E-state index >= 15 is 0 Å². The summed E-state index contributed by atoms with van der Waals surface area (Å²) >= 11 is 0. The third kappa shape index (κ3) is 2.17. The van der Waals surface area contributed by atoms with E-state index in [4.69, 9.17) is 4.74 Å². The first-order valence-corrected chi connectivity index (χ1v) is 8.15. The van der Waals surface area contributed by atoms with Crippen molar-refractivity contribution in [3.63, 3.8) is 0 Å². The molecule has 0 radical (unpaired) electrons. The molecule has 3 aliphatic rings. The maximum absolute atomic E-state index is 12.4. The number of carbonyl (C=O) groups excluding carboxylic acids is 1. The Balaban J connectivity index is 1.55. The number of nitrogens with zero attached hydrogens (tertiary/aromatic N) is 1. The first kappa shape index (κ1) is 14.3. The van der Waals surface area contributed by atoms with Gasteiger partial charge in [0.1, 0.15) is 0 Å². The van der Waals surface area contributed by atoms with E-state index in [1.807, 2.05) is 11.8 Å². The van der Waals surface area contributed by atoms with Crippen molar-refractivity contribution >= 4 is 5.91 Å². The molecule has 4 nitrogen and oxygen atoms in total. The molecule has 3 fully saturated rings. The zero-order valence-electron chi connectivity index (χ0n) is 12.7. The van der Waals surface area contributed by atoms with Crippen LogP contribution in [-0.2, 0) is 9.53 Å². The number of amides is 1. The van der Waals surface area contributed by atoms with Gasteiger partial charge in [0.25, 0.3) is 0 Å². The molecule has 1 saturated heterocycles. The summed E-state index contributed by atoms with van der Waals surface area (Å²) in [5, 5.41) is 10.2. The minimum atomic E-state index is -0.236. The van der Waals surface area contributed by atoms with E-state index in [9.17, 15) is 9.90 Å². The van der Waals surface area contributed by atoms with Crippen LogP contribution in [0.15, 0.2) is 0 Å². The molecular formula is C16H27NO3. The zero-order chi connectivity index (χ0) is 14.3. The van der Waals surface area contributed by atoms with Crippen LogP contribution >= 0.6 is 0 Å². The topological polar surface area (TPSA) is 49.8 Å². The summed E-state index contributed by atoms with van der Waals surface area (Å²) in [6.45, 7) is 6.53. The summed E-state index contributed by atoms with van der Waals surface area (Å²) in [6.07, 6.45) is 4.64. The van der Waals surface area contributed by atoms with Gasteiger partial charge in [-0.3, -0.25) is 4.79 Å². The second-order valence-corrected chi connectivity index (χ2v) is 7.03. The van der Waals surface area contributed by atoms with Crippen LogP contribution in [0.3, 0.4) is 0 Å². The van der Waals surface area contributed by atoms with Crippen molar-refractivity contribution < 1.29 is 14.6 Å². The van der Waals surface area contributed by atoms with Crippen LogP contribution in [0.5, 0.6) is 0 Å². The predicted molar refractivity (Wildman–Crippen MR) is 76.2 cm³/mol. The summed E-state index contributed by atoms with van der Waals surface area (Å²) in [7, 11) is 0. The van der Waals surface area contributed by atoms with Gasteiger partial charge in [0, 0.05) is 37.5 Å². The zero-order valence-corrected chi connectivity index (χ0v) is 12.7. The number of ether oxygens (including phenoxy) is 1. The molecule has 2 unspecified atom stereocenters. The minimum Gasteiger partial charge on any atom is -0.392 e. The average Bonchev–Trinajstić information content (AvgIpc) is 2.43. The highest BCUT2D eigenvalue weighted by atomic mass is 16.5. The number of hydrogen-bond acceptors (Lipinski definition) is 3. The Hall–Kier alpha value is -0.610. The van der Waals surface area contributed by atoms with E-state index in [0.29, 0.717) is 12.5 Å². The van der Waals surface area contributed by atoms with Crippen molar-refractivity contribution in [2.24, 2.45) is 17.3 Å². The van der Waals surface area contributed by atoms with Gasteiger partial charge >= 0.3 is 0 Å². The Morgan fingerprint density at radius 2 is 1.95 bits per heavy atom. The minimum absolute atomic E-state index is 0.0697. The lowest BCUT2D eigenvalue weighted by molar-refractivity contribution is -0.210. The van der Waals surface area contributed by atoms with E-state index in [0.717, 1.165) is 51.1 Å². The van der Waals surface area contributed by atoms with Crippen molar-refractivity contribution in [1.29, 1.82) is 0 Å². The van der Waals surface area contributed by atoms with Crippen molar-refractivity contribution in [3.05, 3.63) is 0 Å². The number of aliphatic hydroxyl groups is 1. The van der Waals surface area contributed by atoms with E-state index in [-0.39, 0.29) is 23.5 Å². The Morgan fingerprint density at radius 3 is 2.45 bits per heavy atom. The molecule has 0 aromatic carbocycles. The summed E-state index contributed by atoms with van der Waals surface area (Å²) in [5.41, 5.74) is -0.0697. The maximum atomic E-state index is 12.4. The normalized spacial score (nSPS) is 39.2. The number of carbonyl (C=O) groups is 1. The Kier molecular flexibility index (Phi) is 3.80. The number of likely N-dealkylation sites (tertiary alicyclic amines) is 1. The Morgan fingerprint density at radius 1 is 1.30 bits per heavy atom. The highest BCUT2D eigenvalue weighted by molar-refractivity contribution is 5.79. The van der Waals surface area contributed by atoms with Gasteiger partial charge in [-0.05, 0) is 38.5 Å². The number of aliphatic hydroxyl groups excluding tert-OH is 1. The first-order valence-electron chi connectivity index (χ1n) is 8.15. The van der Waals surface area contributed by atoms with Crippen LogP contribution < -0.4 is 0 Å². The van der Waals surface area contributed by atoms with Crippen LogP contribution in [0.25, 0.3) is 0 Å². The molecule has 0 aromatic heterocycles. The van der Waals surface area contributed by atoms with Crippen molar-refractivity contribution in [1.82, 2.24) is 4.90 Å². The molecule has 1 heterocycles. The monoisotopic (exact) mass is 281 g/mol. The quantitative estimate of drug-likeness (QED) is 0.858. The molecule has 4 heteroatoms. The van der Waals surface area contributed by atoms with Gasteiger partial charge in [-0.25, -0.2) is 0 Å². The molecule has 2 atom stereocenters. The third-order valence-corrected chi connectivity index (χ3v) is 5.84. The van der Waals surface area contributed by atoms with E-state index in [1.165, 1.54) is 0 Å². The molecule has 2 saturated carbocycles. The molecule has 2 aliphatic carbocycles. The summed E-state index contributed by atoms with van der Waals surface area (Å²) in [6, 6.07) is 0. The second kappa shape index (κ2) is 5.30. The average molecular weight is 281 g/mol. The molecular weight excluding hydrogens is 254 g/mol. The highest BCUT2D eigenvalue weighted by Gasteiger charge is 2.56. The van der Waals surface area contributed by atoms with E-state index < -0.39 is 0 Å². The molecule has 0 bridgehead atoms. The Labute approximate surface area is 121 Å². The van der Waals surface area contributed by atoms with Gasteiger partial charge in [-0.15, -0.1) is 0 Å². The predicted octanol–water partition coefficient (Wildman–Crippen LogP) is 1.81. The highest BCUT2D eigenvalue weighted by Crippen LogP contribution is 2.51. The molecule has 20 heavy (non-hydrogen) atoms. The van der Waals surface area contributed by atoms with Crippen LogP contribution in [0.1, 0.15) is 46.0 Å². The van der Waals surface area contributed by atoms with Crippen LogP contribution in [0.2, 0.25) is 0 Å². The summed E-state index contributed by atoms with van der Waals surface area (Å²) < 4.78 is 5.77. The van der Waals surface area contributed by atoms with Gasteiger partial charge in [0.15, 0.2) is 0 Å². The molecule has 114 valence electrons. The smallest absolute Gasteiger partial charge is 0.225 e. The fourth-order valence-corrected chi connectivity index (χ4v) is 4.32. The van der Waals surface area contributed by atoms with Crippen LogP contribution in [0, 0.1) is 17.3 Å². The largest absolute Gasteiger partial charge is 0.392 e. The molecule has 1 N–H and O–H groups in total. The van der Waals surface area contributed by atoms with Gasteiger partial charge in [-0.1, -0.05) is 6.92 Å². The van der Waals surface area contributed by atoms with E-state index in [2.05, 4.69) is 6.92 Å². The van der Waals surface area contributed by atoms with Crippen molar-refractivity contribution in [2.75, 3.05) is 19.7 Å². The van der Waals surface area contributed by atoms with Crippen molar-refractivity contribution in [3.8, 4) is 0 Å². The van der Waals surface area contributed by atoms with E-state index in [1.54, 1.807) is 0 Å². The maximum Gasteiger partial charge on any atom is 0.225 e. The molecule has 1 aliphatic heterocycles. The Bertz CT molecular complexity index is 368. The lowest BCUT2D eigenvalue weighted by Gasteiger charge is -2.57. The fourth-order valence-electron chi connectivity index (χ4n) is 4.32. The SMILES string of the molecule is CCOC1CC(O)C12CCN(C(=O)C1CC(C)C1)CC2. The molecule has 1 spiro atoms. The number of hydrogen-bond donors (Lipinski definition) is 1. The third-order valence-electron chi connectivity index (χ3n) is 5.84. The lowest BCUT2D eigenvalue weighted by atomic mass is 9.58. The first-order chi connectivity index (χ1) is 9.56. The lowest BCUT2D eigenvalue weighted by Crippen LogP contribution is -2.63. The molecule has 0 aromatic rings. The summed E-state index contributed by atoms with van der Waals surface area (Å²) in [5.74, 6) is 1.34. The van der Waals surface area contributed by atoms with Crippen molar-refractivity contribution in [2.45, 2.75) is 58.2 Å². The van der Waals surface area contributed by atoms with Crippen LogP contribution in [-0.4, -0.2) is 47.8 Å². The standard InChI is InChI=1S/C16H27NO3/c1-3-20-14-10-13(18)16(14)4-6-17(7-5-16)15(19)12-8-11(2)9-12/h11-14,18H,3-10H2,1-2H3. The number of rotatable bonds is 3.